The normalized spacial score (nSPS) is 25.3. The standard InChI is InChI=1S/C17H21NO5S/c1-11-5-6-13(17(20)21)10-18(11)24(22,23)14-8-7-12-3-2-4-16(19)15(12)9-14/h7-9,11,13H,2-6,10H2,1H3,(H,20,21). The van der Waals surface area contributed by atoms with E-state index in [1.807, 2.05) is 0 Å². The molecule has 6 nitrogen and oxygen atoms in total. The molecule has 0 aromatic heterocycles. The number of carboxylic acids is 1. The summed E-state index contributed by atoms with van der Waals surface area (Å²) in [6, 6.07) is 4.45. The fraction of sp³-hybridized carbons (Fsp3) is 0.529. The fourth-order valence-electron chi connectivity index (χ4n) is 3.51. The zero-order valence-corrected chi connectivity index (χ0v) is 14.4. The van der Waals surface area contributed by atoms with E-state index in [0.717, 1.165) is 18.4 Å². The number of rotatable bonds is 3. The first-order valence-electron chi connectivity index (χ1n) is 8.21. The molecule has 24 heavy (non-hydrogen) atoms. The van der Waals surface area contributed by atoms with Crippen LogP contribution in [0.5, 0.6) is 0 Å². The first-order chi connectivity index (χ1) is 11.3. The third kappa shape index (κ3) is 2.98. The van der Waals surface area contributed by atoms with Gasteiger partial charge in [-0.15, -0.1) is 0 Å². The second-order valence-electron chi connectivity index (χ2n) is 6.63. The molecule has 0 radical (unpaired) electrons. The zero-order chi connectivity index (χ0) is 17.5. The van der Waals surface area contributed by atoms with E-state index in [9.17, 15) is 23.1 Å². The number of carbonyl (C=O) groups is 2. The molecule has 0 amide bonds. The number of aryl methyl sites for hydroxylation is 1. The molecule has 7 heteroatoms. The average molecular weight is 351 g/mol. The molecule has 1 heterocycles. The Morgan fingerprint density at radius 1 is 1.25 bits per heavy atom. The quantitative estimate of drug-likeness (QED) is 0.900. The number of ketones is 1. The molecule has 1 saturated heterocycles. The molecule has 1 aromatic rings. The average Bonchev–Trinajstić information content (AvgIpc) is 2.55. The minimum Gasteiger partial charge on any atom is -0.481 e. The van der Waals surface area contributed by atoms with Crippen LogP contribution in [0.25, 0.3) is 0 Å². The largest absolute Gasteiger partial charge is 0.481 e. The Morgan fingerprint density at radius 2 is 2.00 bits per heavy atom. The van der Waals surface area contributed by atoms with Crippen molar-refractivity contribution in [3.05, 3.63) is 29.3 Å². The Balaban J connectivity index is 1.96. The van der Waals surface area contributed by atoms with Crippen LogP contribution in [0.15, 0.2) is 23.1 Å². The summed E-state index contributed by atoms with van der Waals surface area (Å²) < 4.78 is 27.2. The predicted molar refractivity (Wildman–Crippen MR) is 87.4 cm³/mol. The molecule has 2 aliphatic rings. The summed E-state index contributed by atoms with van der Waals surface area (Å²) in [5, 5.41) is 9.21. The highest BCUT2D eigenvalue weighted by Gasteiger charge is 2.37. The van der Waals surface area contributed by atoms with Gasteiger partial charge in [0.1, 0.15) is 0 Å². The molecular weight excluding hydrogens is 330 g/mol. The molecule has 1 aliphatic heterocycles. The van der Waals surface area contributed by atoms with Gasteiger partial charge in [-0.1, -0.05) is 6.07 Å². The van der Waals surface area contributed by atoms with Crippen molar-refractivity contribution in [2.45, 2.75) is 50.0 Å². The Bertz CT molecular complexity index is 786. The van der Waals surface area contributed by atoms with Gasteiger partial charge in [0.25, 0.3) is 0 Å². The van der Waals surface area contributed by atoms with E-state index < -0.39 is 21.9 Å². The van der Waals surface area contributed by atoms with Crippen LogP contribution in [0.4, 0.5) is 0 Å². The van der Waals surface area contributed by atoms with Crippen LogP contribution in [0.1, 0.15) is 48.5 Å². The number of Topliss-reactive ketones (excluding diaryl/α,β-unsaturated/α-hetero) is 1. The molecule has 0 spiro atoms. The summed E-state index contributed by atoms with van der Waals surface area (Å²) in [6.07, 6.45) is 3.01. The summed E-state index contributed by atoms with van der Waals surface area (Å²) in [7, 11) is -3.82. The van der Waals surface area contributed by atoms with Gasteiger partial charge in [0.15, 0.2) is 5.78 Å². The summed E-state index contributed by atoms with van der Waals surface area (Å²) in [4.78, 5) is 23.4. The van der Waals surface area contributed by atoms with E-state index in [2.05, 4.69) is 0 Å². The van der Waals surface area contributed by atoms with E-state index >= 15 is 0 Å². The molecule has 2 atom stereocenters. The minimum atomic E-state index is -3.82. The summed E-state index contributed by atoms with van der Waals surface area (Å²) in [5.41, 5.74) is 1.38. The van der Waals surface area contributed by atoms with Crippen LogP contribution in [0.3, 0.4) is 0 Å². The maximum Gasteiger partial charge on any atom is 0.307 e. The van der Waals surface area contributed by atoms with Gasteiger partial charge in [-0.05, 0) is 50.3 Å². The Morgan fingerprint density at radius 3 is 2.71 bits per heavy atom. The molecular formula is C17H21NO5S. The van der Waals surface area contributed by atoms with Gasteiger partial charge in [0.05, 0.1) is 10.8 Å². The van der Waals surface area contributed by atoms with Crippen molar-refractivity contribution in [2.75, 3.05) is 6.54 Å². The Labute approximate surface area is 141 Å². The smallest absolute Gasteiger partial charge is 0.307 e. The number of hydrogen-bond donors (Lipinski definition) is 1. The highest BCUT2D eigenvalue weighted by atomic mass is 32.2. The lowest BCUT2D eigenvalue weighted by Gasteiger charge is -2.35. The predicted octanol–water partition coefficient (Wildman–Crippen LogP) is 2.08. The van der Waals surface area contributed by atoms with Crippen molar-refractivity contribution >= 4 is 21.8 Å². The SMILES string of the molecule is CC1CCC(C(=O)O)CN1S(=O)(=O)c1ccc2c(c1)C(=O)CCC2. The molecule has 0 bridgehead atoms. The van der Waals surface area contributed by atoms with E-state index in [0.29, 0.717) is 24.8 Å². The number of hydrogen-bond acceptors (Lipinski definition) is 4. The number of sulfonamides is 1. The van der Waals surface area contributed by atoms with Crippen LogP contribution in [-0.4, -0.2) is 42.2 Å². The summed E-state index contributed by atoms with van der Waals surface area (Å²) in [6.45, 7) is 1.77. The van der Waals surface area contributed by atoms with Crippen molar-refractivity contribution < 1.29 is 23.1 Å². The van der Waals surface area contributed by atoms with Crippen LogP contribution < -0.4 is 0 Å². The van der Waals surface area contributed by atoms with Crippen molar-refractivity contribution in [3.8, 4) is 0 Å². The van der Waals surface area contributed by atoms with E-state index in [1.165, 1.54) is 16.4 Å². The van der Waals surface area contributed by atoms with Crippen molar-refractivity contribution in [1.29, 1.82) is 0 Å². The van der Waals surface area contributed by atoms with E-state index in [-0.39, 0.29) is 23.3 Å². The van der Waals surface area contributed by atoms with Crippen molar-refractivity contribution in [2.24, 2.45) is 5.92 Å². The lowest BCUT2D eigenvalue weighted by Crippen LogP contribution is -2.47. The lowest BCUT2D eigenvalue weighted by molar-refractivity contribution is -0.143. The monoisotopic (exact) mass is 351 g/mol. The number of aliphatic carboxylic acids is 1. The highest BCUT2D eigenvalue weighted by Crippen LogP contribution is 2.30. The van der Waals surface area contributed by atoms with Crippen LogP contribution >= 0.6 is 0 Å². The molecule has 130 valence electrons. The van der Waals surface area contributed by atoms with Crippen LogP contribution in [-0.2, 0) is 21.2 Å². The first-order valence-corrected chi connectivity index (χ1v) is 9.65. The molecule has 3 rings (SSSR count). The fourth-order valence-corrected chi connectivity index (χ4v) is 5.25. The van der Waals surface area contributed by atoms with Gasteiger partial charge < -0.3 is 5.11 Å². The molecule has 1 aliphatic carbocycles. The molecule has 1 N–H and O–H groups in total. The second-order valence-corrected chi connectivity index (χ2v) is 8.52. The van der Waals surface area contributed by atoms with Gasteiger partial charge in [-0.2, -0.15) is 4.31 Å². The number of benzene rings is 1. The lowest BCUT2D eigenvalue weighted by atomic mass is 9.91. The van der Waals surface area contributed by atoms with Crippen LogP contribution in [0, 0.1) is 5.92 Å². The number of piperidine rings is 1. The Hall–Kier alpha value is -1.73. The maximum atomic E-state index is 13.0. The van der Waals surface area contributed by atoms with Gasteiger partial charge in [0.2, 0.25) is 10.0 Å². The van der Waals surface area contributed by atoms with E-state index in [4.69, 9.17) is 0 Å². The zero-order valence-electron chi connectivity index (χ0n) is 13.6. The van der Waals surface area contributed by atoms with Gasteiger partial charge in [0, 0.05) is 24.6 Å². The third-order valence-electron chi connectivity index (χ3n) is 5.01. The number of carboxylic acid groups (broad SMARTS) is 1. The number of nitrogens with zero attached hydrogens (tertiary/aromatic N) is 1. The third-order valence-corrected chi connectivity index (χ3v) is 6.99. The Kier molecular flexibility index (Phi) is 4.48. The number of carbonyl (C=O) groups excluding carboxylic acids is 1. The summed E-state index contributed by atoms with van der Waals surface area (Å²) in [5.74, 6) is -1.68. The topological polar surface area (TPSA) is 91.8 Å². The highest BCUT2D eigenvalue weighted by molar-refractivity contribution is 7.89. The molecule has 1 aromatic carbocycles. The molecule has 1 fully saturated rings. The van der Waals surface area contributed by atoms with Crippen molar-refractivity contribution in [3.63, 3.8) is 0 Å². The second kappa shape index (κ2) is 6.29. The van der Waals surface area contributed by atoms with E-state index in [1.54, 1.807) is 13.0 Å². The van der Waals surface area contributed by atoms with Gasteiger partial charge >= 0.3 is 5.97 Å². The molecule has 0 saturated carbocycles. The maximum absolute atomic E-state index is 13.0. The minimum absolute atomic E-state index is 0.0239. The first kappa shape index (κ1) is 17.1. The van der Waals surface area contributed by atoms with Crippen molar-refractivity contribution in [1.82, 2.24) is 4.31 Å². The number of fused-ring (bicyclic) bond motifs is 1. The molecule has 2 unspecified atom stereocenters. The van der Waals surface area contributed by atoms with Gasteiger partial charge in [-0.3, -0.25) is 9.59 Å². The van der Waals surface area contributed by atoms with Gasteiger partial charge in [-0.25, -0.2) is 8.42 Å². The van der Waals surface area contributed by atoms with Crippen LogP contribution in [0.2, 0.25) is 0 Å². The summed E-state index contributed by atoms with van der Waals surface area (Å²) >= 11 is 0.